The smallest absolute Gasteiger partial charge is 0.0697 e. The monoisotopic (exact) mass is 279 g/mol. The second-order valence-electron chi connectivity index (χ2n) is 6.00. The Labute approximate surface area is 123 Å². The summed E-state index contributed by atoms with van der Waals surface area (Å²) in [6.45, 7) is 9.04. The standard InChI is InChI=1S/C17H29NO2/c1-15(18-10-7-12-20-13-11-19)14-17(2,3)16-8-5-4-6-9-16/h4-6,8-9,15,18-19H,7,10-14H2,1-3H3. The number of aliphatic hydroxyl groups is 1. The lowest BCUT2D eigenvalue weighted by Gasteiger charge is -2.29. The molecule has 0 aliphatic carbocycles. The maximum Gasteiger partial charge on any atom is 0.0697 e. The number of benzene rings is 1. The van der Waals surface area contributed by atoms with Crippen LogP contribution in [0.4, 0.5) is 0 Å². The molecule has 0 radical (unpaired) electrons. The molecular formula is C17H29NO2. The minimum Gasteiger partial charge on any atom is -0.394 e. The van der Waals surface area contributed by atoms with Crippen molar-refractivity contribution in [1.29, 1.82) is 0 Å². The molecule has 0 aliphatic heterocycles. The van der Waals surface area contributed by atoms with Crippen LogP contribution in [0.3, 0.4) is 0 Å². The van der Waals surface area contributed by atoms with Gasteiger partial charge in [0.05, 0.1) is 13.2 Å². The molecule has 0 amide bonds. The summed E-state index contributed by atoms with van der Waals surface area (Å²) in [5, 5.41) is 12.1. The predicted octanol–water partition coefficient (Wildman–Crippen LogP) is 2.73. The van der Waals surface area contributed by atoms with Crippen LogP contribution in [0.1, 0.15) is 39.2 Å². The lowest BCUT2D eigenvalue weighted by atomic mass is 9.79. The van der Waals surface area contributed by atoms with Gasteiger partial charge in [0.2, 0.25) is 0 Å². The van der Waals surface area contributed by atoms with E-state index < -0.39 is 0 Å². The molecule has 0 aromatic heterocycles. The van der Waals surface area contributed by atoms with Gasteiger partial charge in [0.1, 0.15) is 0 Å². The number of ether oxygens (including phenoxy) is 1. The van der Waals surface area contributed by atoms with Gasteiger partial charge in [0, 0.05) is 12.6 Å². The first-order chi connectivity index (χ1) is 9.56. The van der Waals surface area contributed by atoms with Crippen LogP contribution in [0.15, 0.2) is 30.3 Å². The SMILES string of the molecule is CC(CC(C)(C)c1ccccc1)NCCCOCCO. The summed E-state index contributed by atoms with van der Waals surface area (Å²) in [7, 11) is 0. The van der Waals surface area contributed by atoms with Crippen LogP contribution in [-0.4, -0.2) is 37.5 Å². The summed E-state index contributed by atoms with van der Waals surface area (Å²) < 4.78 is 5.24. The van der Waals surface area contributed by atoms with Crippen molar-refractivity contribution in [2.75, 3.05) is 26.4 Å². The molecule has 0 saturated carbocycles. The molecule has 1 unspecified atom stereocenters. The molecule has 1 rings (SSSR count). The van der Waals surface area contributed by atoms with Crippen molar-refractivity contribution in [3.8, 4) is 0 Å². The largest absolute Gasteiger partial charge is 0.394 e. The van der Waals surface area contributed by atoms with Gasteiger partial charge in [0.25, 0.3) is 0 Å². The van der Waals surface area contributed by atoms with E-state index in [1.807, 2.05) is 0 Å². The minimum absolute atomic E-state index is 0.106. The summed E-state index contributed by atoms with van der Waals surface area (Å²) in [6, 6.07) is 11.2. The first-order valence-corrected chi connectivity index (χ1v) is 7.54. The van der Waals surface area contributed by atoms with Crippen molar-refractivity contribution in [2.45, 2.75) is 45.1 Å². The zero-order chi connectivity index (χ0) is 14.8. The molecule has 0 fully saturated rings. The molecule has 3 nitrogen and oxygen atoms in total. The molecule has 114 valence electrons. The summed E-state index contributed by atoms with van der Waals surface area (Å²) in [5.74, 6) is 0. The van der Waals surface area contributed by atoms with Gasteiger partial charge in [0.15, 0.2) is 0 Å². The van der Waals surface area contributed by atoms with E-state index in [1.165, 1.54) is 5.56 Å². The second-order valence-corrected chi connectivity index (χ2v) is 6.00. The number of aliphatic hydroxyl groups excluding tert-OH is 1. The third kappa shape index (κ3) is 6.51. The molecular weight excluding hydrogens is 250 g/mol. The third-order valence-electron chi connectivity index (χ3n) is 3.57. The fourth-order valence-electron chi connectivity index (χ4n) is 2.53. The Kier molecular flexibility index (Phi) is 7.82. The highest BCUT2D eigenvalue weighted by molar-refractivity contribution is 5.23. The molecule has 0 aliphatic rings. The van der Waals surface area contributed by atoms with E-state index in [0.29, 0.717) is 19.3 Å². The Bertz CT molecular complexity index is 351. The average molecular weight is 279 g/mol. The molecule has 1 aromatic rings. The van der Waals surface area contributed by atoms with E-state index in [2.05, 4.69) is 56.4 Å². The van der Waals surface area contributed by atoms with Crippen molar-refractivity contribution in [3.63, 3.8) is 0 Å². The van der Waals surface area contributed by atoms with E-state index in [0.717, 1.165) is 19.4 Å². The van der Waals surface area contributed by atoms with Crippen LogP contribution in [-0.2, 0) is 10.2 Å². The predicted molar refractivity (Wildman–Crippen MR) is 84.1 cm³/mol. The zero-order valence-corrected chi connectivity index (χ0v) is 13.1. The number of hydrogen-bond donors (Lipinski definition) is 2. The van der Waals surface area contributed by atoms with Crippen molar-refractivity contribution in [1.82, 2.24) is 5.32 Å². The van der Waals surface area contributed by atoms with Crippen molar-refractivity contribution in [2.24, 2.45) is 0 Å². The van der Waals surface area contributed by atoms with E-state index in [4.69, 9.17) is 9.84 Å². The van der Waals surface area contributed by atoms with Crippen LogP contribution in [0, 0.1) is 0 Å². The lowest BCUT2D eigenvalue weighted by molar-refractivity contribution is 0.0903. The van der Waals surface area contributed by atoms with Gasteiger partial charge in [-0.25, -0.2) is 0 Å². The zero-order valence-electron chi connectivity index (χ0n) is 13.1. The first-order valence-electron chi connectivity index (χ1n) is 7.54. The normalized spacial score (nSPS) is 13.4. The number of rotatable bonds is 10. The maximum absolute atomic E-state index is 8.61. The molecule has 0 saturated heterocycles. The third-order valence-corrected chi connectivity index (χ3v) is 3.57. The Morgan fingerprint density at radius 3 is 2.55 bits per heavy atom. The fraction of sp³-hybridized carbons (Fsp3) is 0.647. The van der Waals surface area contributed by atoms with E-state index in [9.17, 15) is 0 Å². The quantitative estimate of drug-likeness (QED) is 0.647. The van der Waals surface area contributed by atoms with Crippen LogP contribution in [0.25, 0.3) is 0 Å². The highest BCUT2D eigenvalue weighted by Gasteiger charge is 2.22. The summed E-state index contributed by atoms with van der Waals surface area (Å²) in [6.07, 6.45) is 2.09. The van der Waals surface area contributed by atoms with E-state index >= 15 is 0 Å². The Hall–Kier alpha value is -0.900. The van der Waals surface area contributed by atoms with Gasteiger partial charge >= 0.3 is 0 Å². The average Bonchev–Trinajstić information content (AvgIpc) is 2.43. The molecule has 0 bridgehead atoms. The van der Waals surface area contributed by atoms with E-state index in [-0.39, 0.29) is 12.0 Å². The second kappa shape index (κ2) is 9.11. The van der Waals surface area contributed by atoms with E-state index in [1.54, 1.807) is 0 Å². The van der Waals surface area contributed by atoms with Gasteiger partial charge in [-0.2, -0.15) is 0 Å². The molecule has 20 heavy (non-hydrogen) atoms. The van der Waals surface area contributed by atoms with Crippen LogP contribution in [0.5, 0.6) is 0 Å². The molecule has 1 aromatic carbocycles. The Morgan fingerprint density at radius 2 is 1.90 bits per heavy atom. The van der Waals surface area contributed by atoms with Crippen LogP contribution < -0.4 is 5.32 Å². The van der Waals surface area contributed by atoms with Gasteiger partial charge in [-0.15, -0.1) is 0 Å². The van der Waals surface area contributed by atoms with Crippen molar-refractivity contribution >= 4 is 0 Å². The summed E-state index contributed by atoms with van der Waals surface area (Å²) in [4.78, 5) is 0. The van der Waals surface area contributed by atoms with Crippen LogP contribution in [0.2, 0.25) is 0 Å². The molecule has 0 spiro atoms. The summed E-state index contributed by atoms with van der Waals surface area (Å²) in [5.41, 5.74) is 1.57. The Balaban J connectivity index is 2.26. The summed E-state index contributed by atoms with van der Waals surface area (Å²) >= 11 is 0. The van der Waals surface area contributed by atoms with Crippen molar-refractivity contribution < 1.29 is 9.84 Å². The highest BCUT2D eigenvalue weighted by Crippen LogP contribution is 2.27. The van der Waals surface area contributed by atoms with Crippen LogP contribution >= 0.6 is 0 Å². The molecule has 1 atom stereocenters. The van der Waals surface area contributed by atoms with Gasteiger partial charge in [-0.3, -0.25) is 0 Å². The first kappa shape index (κ1) is 17.2. The molecule has 3 heteroatoms. The highest BCUT2D eigenvalue weighted by atomic mass is 16.5. The maximum atomic E-state index is 8.61. The van der Waals surface area contributed by atoms with Gasteiger partial charge in [-0.1, -0.05) is 44.2 Å². The van der Waals surface area contributed by atoms with Gasteiger partial charge in [-0.05, 0) is 37.3 Å². The fourth-order valence-corrected chi connectivity index (χ4v) is 2.53. The minimum atomic E-state index is 0.106. The number of nitrogens with one attached hydrogen (secondary N) is 1. The number of hydrogen-bond acceptors (Lipinski definition) is 3. The van der Waals surface area contributed by atoms with Crippen molar-refractivity contribution in [3.05, 3.63) is 35.9 Å². The lowest BCUT2D eigenvalue weighted by Crippen LogP contribution is -2.34. The molecule has 0 heterocycles. The topological polar surface area (TPSA) is 41.5 Å². The molecule has 2 N–H and O–H groups in total. The van der Waals surface area contributed by atoms with Gasteiger partial charge < -0.3 is 15.2 Å². The Morgan fingerprint density at radius 1 is 1.20 bits per heavy atom.